The van der Waals surface area contributed by atoms with Gasteiger partial charge in [-0.15, -0.1) is 0 Å². The molecule has 0 unspecified atom stereocenters. The number of furan rings is 1. The summed E-state index contributed by atoms with van der Waals surface area (Å²) in [7, 11) is 0. The molecule has 8 heteroatoms. The molecule has 2 aromatic heterocycles. The molecule has 18 heavy (non-hydrogen) atoms. The summed E-state index contributed by atoms with van der Waals surface area (Å²) >= 11 is 3.05. The maximum absolute atomic E-state index is 11.8. The van der Waals surface area contributed by atoms with Crippen molar-refractivity contribution in [3.63, 3.8) is 0 Å². The number of rotatable bonds is 3. The highest BCUT2D eigenvalue weighted by molar-refractivity contribution is 9.10. The second kappa shape index (κ2) is 4.96. The first-order valence-corrected chi connectivity index (χ1v) is 5.47. The lowest BCUT2D eigenvalue weighted by atomic mass is 10.3. The van der Waals surface area contributed by atoms with E-state index in [1.807, 2.05) is 0 Å². The molecule has 0 radical (unpaired) electrons. The Morgan fingerprint density at radius 3 is 2.67 bits per heavy atom. The Morgan fingerprint density at radius 2 is 2.06 bits per heavy atom. The maximum atomic E-state index is 11.8. The first-order valence-electron chi connectivity index (χ1n) is 4.68. The minimum Gasteiger partial charge on any atom is -0.476 e. The van der Waals surface area contributed by atoms with Crippen LogP contribution >= 0.6 is 15.9 Å². The monoisotopic (exact) mass is 311 g/mol. The largest absolute Gasteiger partial charge is 0.476 e. The van der Waals surface area contributed by atoms with Crippen LogP contribution in [0.2, 0.25) is 0 Å². The average molecular weight is 312 g/mol. The van der Waals surface area contributed by atoms with Gasteiger partial charge in [-0.05, 0) is 22.0 Å². The predicted molar refractivity (Wildman–Crippen MR) is 63.4 cm³/mol. The molecule has 0 aliphatic heterocycles. The number of amides is 1. The van der Waals surface area contributed by atoms with Crippen molar-refractivity contribution in [3.8, 4) is 0 Å². The van der Waals surface area contributed by atoms with Crippen molar-refractivity contribution in [2.75, 3.05) is 5.32 Å². The van der Waals surface area contributed by atoms with Gasteiger partial charge >= 0.3 is 5.97 Å². The van der Waals surface area contributed by atoms with Crippen LogP contribution in [0.25, 0.3) is 0 Å². The van der Waals surface area contributed by atoms with E-state index < -0.39 is 11.9 Å². The first kappa shape index (κ1) is 12.2. The Hall–Kier alpha value is -2.22. The lowest BCUT2D eigenvalue weighted by Gasteiger charge is -2.04. The number of anilines is 1. The van der Waals surface area contributed by atoms with Crippen LogP contribution in [0.3, 0.4) is 0 Å². The third-order valence-corrected chi connectivity index (χ3v) is 2.61. The van der Waals surface area contributed by atoms with Gasteiger partial charge < -0.3 is 14.8 Å². The summed E-state index contributed by atoms with van der Waals surface area (Å²) < 4.78 is 5.16. The van der Waals surface area contributed by atoms with Crippen LogP contribution in [0.1, 0.15) is 20.8 Å². The summed E-state index contributed by atoms with van der Waals surface area (Å²) in [6.45, 7) is 0. The van der Waals surface area contributed by atoms with Crippen molar-refractivity contribution >= 4 is 33.6 Å². The molecule has 0 spiro atoms. The van der Waals surface area contributed by atoms with Crippen molar-refractivity contribution in [1.29, 1.82) is 0 Å². The van der Waals surface area contributed by atoms with Crippen LogP contribution in [0.4, 0.5) is 5.82 Å². The van der Waals surface area contributed by atoms with Crippen LogP contribution in [0.5, 0.6) is 0 Å². The summed E-state index contributed by atoms with van der Waals surface area (Å²) in [4.78, 5) is 30.1. The van der Waals surface area contributed by atoms with E-state index in [1.165, 1.54) is 24.7 Å². The fourth-order valence-corrected chi connectivity index (χ4v) is 1.64. The van der Waals surface area contributed by atoms with Gasteiger partial charge in [0.25, 0.3) is 5.91 Å². The number of aromatic carboxylic acids is 1. The van der Waals surface area contributed by atoms with Crippen LogP contribution in [0.15, 0.2) is 33.8 Å². The topological polar surface area (TPSA) is 105 Å². The fraction of sp³-hybridized carbons (Fsp3) is 0. The van der Waals surface area contributed by atoms with E-state index in [-0.39, 0.29) is 21.7 Å². The number of carboxylic acid groups (broad SMARTS) is 1. The fourth-order valence-electron chi connectivity index (χ4n) is 1.22. The second-order valence-electron chi connectivity index (χ2n) is 3.12. The molecule has 0 aliphatic carbocycles. The van der Waals surface area contributed by atoms with Crippen LogP contribution < -0.4 is 5.32 Å². The molecule has 0 saturated heterocycles. The Morgan fingerprint density at radius 1 is 1.33 bits per heavy atom. The number of hydrogen-bond acceptors (Lipinski definition) is 5. The van der Waals surface area contributed by atoms with Crippen molar-refractivity contribution in [1.82, 2.24) is 9.97 Å². The summed E-state index contributed by atoms with van der Waals surface area (Å²) in [5, 5.41) is 11.2. The molecule has 0 bridgehead atoms. The Bertz CT molecular complexity index is 611. The molecule has 0 aromatic carbocycles. The standard InChI is InChI=1S/C10H6BrN3O4/c11-7-5(1-4-18-7)9(15)14-8-6(10(16)17)12-2-3-13-8/h1-4H,(H,16,17)(H,13,14,15). The minimum atomic E-state index is -1.27. The normalized spacial score (nSPS) is 10.1. The van der Waals surface area contributed by atoms with Gasteiger partial charge in [0.1, 0.15) is 0 Å². The molecular formula is C10H6BrN3O4. The molecule has 2 heterocycles. The zero-order valence-electron chi connectivity index (χ0n) is 8.75. The number of carbonyl (C=O) groups excluding carboxylic acids is 1. The average Bonchev–Trinajstić information content (AvgIpc) is 2.76. The highest BCUT2D eigenvalue weighted by Gasteiger charge is 2.18. The smallest absolute Gasteiger partial charge is 0.358 e. The van der Waals surface area contributed by atoms with Crippen molar-refractivity contribution in [2.45, 2.75) is 0 Å². The van der Waals surface area contributed by atoms with E-state index in [2.05, 4.69) is 31.2 Å². The molecule has 1 amide bonds. The third kappa shape index (κ3) is 2.38. The Kier molecular flexibility index (Phi) is 3.38. The lowest BCUT2D eigenvalue weighted by molar-refractivity contribution is 0.0691. The van der Waals surface area contributed by atoms with E-state index in [4.69, 9.17) is 9.52 Å². The van der Waals surface area contributed by atoms with Gasteiger partial charge in [-0.2, -0.15) is 0 Å². The quantitative estimate of drug-likeness (QED) is 0.895. The minimum absolute atomic E-state index is 0.122. The molecule has 2 N–H and O–H groups in total. The zero-order chi connectivity index (χ0) is 13.1. The van der Waals surface area contributed by atoms with Gasteiger partial charge in [-0.3, -0.25) is 4.79 Å². The molecule has 0 fully saturated rings. The number of nitrogens with one attached hydrogen (secondary N) is 1. The summed E-state index contributed by atoms with van der Waals surface area (Å²) in [5.74, 6) is -1.94. The number of halogens is 1. The second-order valence-corrected chi connectivity index (χ2v) is 3.84. The summed E-state index contributed by atoms with van der Waals surface area (Å²) in [6, 6.07) is 1.44. The first-order chi connectivity index (χ1) is 8.59. The van der Waals surface area contributed by atoms with E-state index in [1.54, 1.807) is 0 Å². The van der Waals surface area contributed by atoms with Crippen LogP contribution in [-0.4, -0.2) is 27.0 Å². The molecule has 7 nitrogen and oxygen atoms in total. The molecule has 2 aromatic rings. The van der Waals surface area contributed by atoms with Crippen molar-refractivity contribution < 1.29 is 19.1 Å². The summed E-state index contributed by atoms with van der Waals surface area (Å²) in [5.41, 5.74) is -0.0949. The summed E-state index contributed by atoms with van der Waals surface area (Å²) in [6.07, 6.45) is 3.84. The van der Waals surface area contributed by atoms with Crippen molar-refractivity contribution in [2.24, 2.45) is 0 Å². The van der Waals surface area contributed by atoms with Gasteiger partial charge in [-0.1, -0.05) is 0 Å². The molecule has 92 valence electrons. The molecule has 0 saturated carbocycles. The maximum Gasteiger partial charge on any atom is 0.358 e. The van der Waals surface area contributed by atoms with Gasteiger partial charge in [0, 0.05) is 12.4 Å². The number of carboxylic acids is 1. The van der Waals surface area contributed by atoms with Crippen LogP contribution in [-0.2, 0) is 0 Å². The predicted octanol–water partition coefficient (Wildman–Crippen LogP) is 1.78. The van der Waals surface area contributed by atoms with Gasteiger partial charge in [0.05, 0.1) is 11.8 Å². The van der Waals surface area contributed by atoms with E-state index in [0.29, 0.717) is 0 Å². The number of carbonyl (C=O) groups is 2. The van der Waals surface area contributed by atoms with Crippen molar-refractivity contribution in [3.05, 3.63) is 40.7 Å². The number of aromatic nitrogens is 2. The molecule has 2 rings (SSSR count). The Labute approximate surface area is 109 Å². The molecular weight excluding hydrogens is 306 g/mol. The highest BCUT2D eigenvalue weighted by Crippen LogP contribution is 2.19. The number of hydrogen-bond donors (Lipinski definition) is 2. The van der Waals surface area contributed by atoms with Gasteiger partial charge in [-0.25, -0.2) is 14.8 Å². The highest BCUT2D eigenvalue weighted by atomic mass is 79.9. The molecule has 0 atom stereocenters. The molecule has 0 aliphatic rings. The van der Waals surface area contributed by atoms with Crippen LogP contribution in [0, 0.1) is 0 Å². The van der Waals surface area contributed by atoms with E-state index in [0.717, 1.165) is 0 Å². The lowest BCUT2D eigenvalue weighted by Crippen LogP contribution is -2.16. The SMILES string of the molecule is O=C(Nc1nccnc1C(=O)O)c1ccoc1Br. The van der Waals surface area contributed by atoms with E-state index >= 15 is 0 Å². The van der Waals surface area contributed by atoms with E-state index in [9.17, 15) is 9.59 Å². The third-order valence-electron chi connectivity index (χ3n) is 2.00. The van der Waals surface area contributed by atoms with Gasteiger partial charge in [0.2, 0.25) is 0 Å². The zero-order valence-corrected chi connectivity index (χ0v) is 10.3. The Balaban J connectivity index is 2.28. The van der Waals surface area contributed by atoms with Gasteiger partial charge in [0.15, 0.2) is 16.2 Å². The number of nitrogens with zero attached hydrogens (tertiary/aromatic N) is 2.